The number of amides is 1. The van der Waals surface area contributed by atoms with E-state index < -0.39 is 60.5 Å². The number of nitrogens with two attached hydrogens (primary N) is 2. The Bertz CT molecular complexity index is 1250. The van der Waals surface area contributed by atoms with Gasteiger partial charge in [-0.3, -0.25) is 9.32 Å². The van der Waals surface area contributed by atoms with Crippen molar-refractivity contribution in [1.82, 2.24) is 14.5 Å². The Kier molecular flexibility index (Phi) is 7.35. The lowest BCUT2D eigenvalue weighted by molar-refractivity contribution is -0.0501. The molecule has 0 radical (unpaired) electrons. The number of phosphoric acid groups is 3. The van der Waals surface area contributed by atoms with Crippen LogP contribution in [0.5, 0.6) is 0 Å². The molecule has 2 aromatic heterocycles. The van der Waals surface area contributed by atoms with E-state index in [0.717, 1.165) is 17.1 Å². The number of aliphatic hydroxyl groups excluding tert-OH is 2. The second-order valence-electron chi connectivity index (χ2n) is 6.70. The Morgan fingerprint density at radius 1 is 1.09 bits per heavy atom. The van der Waals surface area contributed by atoms with Gasteiger partial charge in [0.15, 0.2) is 6.23 Å². The monoisotopic (exact) mass is 549 g/mol. The Hall–Kier alpha value is -1.82. The number of nitrogen functional groups attached to an aromatic ring is 1. The highest BCUT2D eigenvalue weighted by molar-refractivity contribution is 7.66. The van der Waals surface area contributed by atoms with Gasteiger partial charge in [0, 0.05) is 6.20 Å². The molecule has 1 saturated heterocycles. The molecule has 190 valence electrons. The second-order valence-corrected chi connectivity index (χ2v) is 11.1. The van der Waals surface area contributed by atoms with Crippen molar-refractivity contribution in [3.8, 4) is 0 Å². The molecule has 10 N–H and O–H groups in total. The van der Waals surface area contributed by atoms with Crippen LogP contribution in [-0.2, 0) is 31.6 Å². The third-order valence-corrected chi connectivity index (χ3v) is 8.14. The minimum Gasteiger partial charge on any atom is -0.387 e. The van der Waals surface area contributed by atoms with E-state index in [1.807, 2.05) is 0 Å². The Morgan fingerprint density at radius 3 is 2.32 bits per heavy atom. The summed E-state index contributed by atoms with van der Waals surface area (Å²) in [5.74, 6) is -1.03. The number of aromatic nitrogens is 3. The molecule has 1 aliphatic heterocycles. The Balaban J connectivity index is 1.78. The van der Waals surface area contributed by atoms with Crippen LogP contribution in [0.25, 0.3) is 11.0 Å². The van der Waals surface area contributed by atoms with Gasteiger partial charge in [0.1, 0.15) is 36.1 Å². The van der Waals surface area contributed by atoms with Crippen LogP contribution in [0.15, 0.2) is 12.5 Å². The molecular formula is C12H18N5O14P3. The summed E-state index contributed by atoms with van der Waals surface area (Å²) in [6, 6.07) is 0. The van der Waals surface area contributed by atoms with Gasteiger partial charge in [0.05, 0.1) is 17.6 Å². The number of phosphoric ester groups is 1. The van der Waals surface area contributed by atoms with Crippen LogP contribution in [0.3, 0.4) is 0 Å². The molecule has 1 amide bonds. The minimum atomic E-state index is -5.75. The van der Waals surface area contributed by atoms with Crippen molar-refractivity contribution in [2.24, 2.45) is 5.73 Å². The molecular weight excluding hydrogens is 531 g/mol. The van der Waals surface area contributed by atoms with E-state index >= 15 is 0 Å². The first-order valence-corrected chi connectivity index (χ1v) is 13.2. The molecule has 3 unspecified atom stereocenters. The van der Waals surface area contributed by atoms with Gasteiger partial charge in [-0.25, -0.2) is 23.7 Å². The van der Waals surface area contributed by atoms with Crippen LogP contribution in [0.4, 0.5) is 5.82 Å². The normalized spacial score (nSPS) is 26.9. The van der Waals surface area contributed by atoms with Crippen LogP contribution >= 0.6 is 23.5 Å². The molecule has 0 aliphatic carbocycles. The van der Waals surface area contributed by atoms with E-state index in [1.54, 1.807) is 0 Å². The van der Waals surface area contributed by atoms with Crippen molar-refractivity contribution in [3.63, 3.8) is 0 Å². The molecule has 0 aromatic carbocycles. The highest BCUT2D eigenvalue weighted by Gasteiger charge is 2.47. The average Bonchev–Trinajstić information content (AvgIpc) is 3.17. The number of carbonyl (C=O) groups is 1. The highest BCUT2D eigenvalue weighted by Crippen LogP contribution is 2.66. The Labute approximate surface area is 188 Å². The van der Waals surface area contributed by atoms with Gasteiger partial charge in [0.25, 0.3) is 5.91 Å². The van der Waals surface area contributed by atoms with Crippen LogP contribution in [0.2, 0.25) is 0 Å². The quantitative estimate of drug-likeness (QED) is 0.158. The number of hydrogen-bond acceptors (Lipinski definition) is 13. The van der Waals surface area contributed by atoms with Gasteiger partial charge >= 0.3 is 23.5 Å². The molecule has 6 atom stereocenters. The molecule has 2 aromatic rings. The van der Waals surface area contributed by atoms with E-state index in [4.69, 9.17) is 30.9 Å². The smallest absolute Gasteiger partial charge is 0.387 e. The number of ether oxygens (including phenoxy) is 1. The average molecular weight is 549 g/mol. The van der Waals surface area contributed by atoms with Gasteiger partial charge in [0.2, 0.25) is 0 Å². The number of fused-ring (bicyclic) bond motifs is 1. The fourth-order valence-electron chi connectivity index (χ4n) is 3.06. The SMILES string of the molecule is NC(=O)c1cn([C@@H]2OC(COP(=O)(O)OP(=O)(O)OP(=O)(O)O)[C@@H](O)[C@H]2O)c2ncnc(N)c12. The number of rotatable bonds is 9. The molecule has 3 heterocycles. The lowest BCUT2D eigenvalue weighted by Gasteiger charge is -2.19. The lowest BCUT2D eigenvalue weighted by atomic mass is 10.1. The highest BCUT2D eigenvalue weighted by atomic mass is 31.3. The maximum atomic E-state index is 11.9. The summed E-state index contributed by atoms with van der Waals surface area (Å²) in [5.41, 5.74) is 10.9. The fourth-order valence-corrected chi connectivity index (χ4v) is 6.09. The molecule has 0 bridgehead atoms. The summed E-state index contributed by atoms with van der Waals surface area (Å²) in [5, 5.41) is 20.7. The third-order valence-electron chi connectivity index (χ3n) is 4.33. The molecule has 0 spiro atoms. The van der Waals surface area contributed by atoms with Crippen molar-refractivity contribution in [1.29, 1.82) is 0 Å². The first-order chi connectivity index (χ1) is 15.5. The third kappa shape index (κ3) is 5.87. The Morgan fingerprint density at radius 2 is 1.74 bits per heavy atom. The van der Waals surface area contributed by atoms with Gasteiger partial charge in [-0.2, -0.15) is 8.62 Å². The first-order valence-electron chi connectivity index (χ1n) is 8.72. The van der Waals surface area contributed by atoms with E-state index in [-0.39, 0.29) is 22.4 Å². The summed E-state index contributed by atoms with van der Waals surface area (Å²) < 4.78 is 52.0. The van der Waals surface area contributed by atoms with Crippen molar-refractivity contribution < 1.29 is 66.2 Å². The summed E-state index contributed by atoms with van der Waals surface area (Å²) in [6.45, 7) is -1.03. The van der Waals surface area contributed by atoms with Gasteiger partial charge in [-0.05, 0) is 0 Å². The van der Waals surface area contributed by atoms with Gasteiger partial charge in [-0.15, -0.1) is 0 Å². The zero-order chi connectivity index (χ0) is 25.6. The maximum Gasteiger partial charge on any atom is 0.490 e. The van der Waals surface area contributed by atoms with Crippen LogP contribution in [-0.4, -0.2) is 75.1 Å². The van der Waals surface area contributed by atoms with E-state index in [0.29, 0.717) is 0 Å². The molecule has 0 saturated carbocycles. The summed E-state index contributed by atoms with van der Waals surface area (Å²) in [4.78, 5) is 55.2. The van der Waals surface area contributed by atoms with Crippen LogP contribution < -0.4 is 11.5 Å². The van der Waals surface area contributed by atoms with Crippen molar-refractivity contribution >= 4 is 46.2 Å². The zero-order valence-corrected chi connectivity index (χ0v) is 19.1. The number of nitrogens with zero attached hydrogens (tertiary/aromatic N) is 3. The fraction of sp³-hybridized carbons (Fsp3) is 0.417. The molecule has 1 aliphatic rings. The predicted molar refractivity (Wildman–Crippen MR) is 106 cm³/mol. The number of carbonyl (C=O) groups excluding carboxylic acids is 1. The molecule has 22 heteroatoms. The molecule has 3 rings (SSSR count). The molecule has 19 nitrogen and oxygen atoms in total. The molecule has 1 fully saturated rings. The number of primary amides is 1. The number of hydrogen-bond donors (Lipinski definition) is 8. The molecule has 34 heavy (non-hydrogen) atoms. The van der Waals surface area contributed by atoms with Crippen molar-refractivity contribution in [2.75, 3.05) is 12.3 Å². The summed E-state index contributed by atoms with van der Waals surface area (Å²) in [7, 11) is -16.8. The summed E-state index contributed by atoms with van der Waals surface area (Å²) >= 11 is 0. The standard InChI is InChI=1S/C12H18N5O14P3/c13-9-6-4(10(14)20)1-17(11(6)16-3-15-9)12-8(19)7(18)5(29-12)2-28-33(24,25)31-34(26,27)30-32(21,22)23/h1,3,5,7-8,12,18-19H,2H2,(H2,14,20)(H,24,25)(H,26,27)(H2,13,15,16)(H2,21,22,23)/t5?,7-,8-,12-/m1/s1. The summed E-state index contributed by atoms with van der Waals surface area (Å²) in [6.07, 6.45) is -4.33. The van der Waals surface area contributed by atoms with Gasteiger partial charge in [-0.1, -0.05) is 0 Å². The predicted octanol–water partition coefficient (Wildman–Crippen LogP) is -1.93. The van der Waals surface area contributed by atoms with Crippen molar-refractivity contribution in [2.45, 2.75) is 24.5 Å². The van der Waals surface area contributed by atoms with Gasteiger partial charge < -0.3 is 50.6 Å². The minimum absolute atomic E-state index is 0.00825. The second kappa shape index (κ2) is 9.33. The lowest BCUT2D eigenvalue weighted by Crippen LogP contribution is -2.33. The zero-order valence-electron chi connectivity index (χ0n) is 16.5. The van der Waals surface area contributed by atoms with Crippen LogP contribution in [0, 0.1) is 0 Å². The first kappa shape index (κ1) is 26.8. The largest absolute Gasteiger partial charge is 0.490 e. The van der Waals surface area contributed by atoms with Crippen LogP contribution in [0.1, 0.15) is 16.6 Å². The van der Waals surface area contributed by atoms with E-state index in [9.17, 15) is 33.6 Å². The number of aliphatic hydroxyl groups is 2. The number of anilines is 1. The van der Waals surface area contributed by atoms with Crippen molar-refractivity contribution in [3.05, 3.63) is 18.1 Å². The van der Waals surface area contributed by atoms with E-state index in [1.165, 1.54) is 0 Å². The maximum absolute atomic E-state index is 11.9. The van der Waals surface area contributed by atoms with E-state index in [2.05, 4.69) is 23.1 Å². The topological polar surface area (TPSA) is 309 Å².